The van der Waals surface area contributed by atoms with Gasteiger partial charge in [0.15, 0.2) is 11.6 Å². The van der Waals surface area contributed by atoms with Crippen molar-refractivity contribution in [3.05, 3.63) is 35.9 Å². The van der Waals surface area contributed by atoms with E-state index in [0.717, 1.165) is 16.8 Å². The van der Waals surface area contributed by atoms with Gasteiger partial charge in [-0.15, -0.1) is 0 Å². The molecular weight excluding hydrogens is 221 g/mol. The zero-order valence-corrected chi connectivity index (χ0v) is 9.77. The minimum atomic E-state index is -0.392. The fourth-order valence-corrected chi connectivity index (χ4v) is 1.76. The molecule has 0 unspecified atom stereocenters. The molecule has 4 nitrogen and oxygen atoms in total. The van der Waals surface area contributed by atoms with Gasteiger partial charge in [-0.1, -0.05) is 6.07 Å². The SMILES string of the molecule is COc1ccc(-c2cn(C)nc2CN)cc1F. The number of rotatable bonds is 3. The number of nitrogens with two attached hydrogens (primary N) is 1. The van der Waals surface area contributed by atoms with Crippen LogP contribution in [0.15, 0.2) is 24.4 Å². The van der Waals surface area contributed by atoms with Crippen molar-refractivity contribution in [2.45, 2.75) is 6.54 Å². The molecule has 0 atom stereocenters. The number of methoxy groups -OCH3 is 1. The first-order chi connectivity index (χ1) is 8.15. The number of hydrogen-bond donors (Lipinski definition) is 1. The van der Waals surface area contributed by atoms with Gasteiger partial charge in [0.2, 0.25) is 0 Å². The van der Waals surface area contributed by atoms with Crippen molar-refractivity contribution in [2.75, 3.05) is 7.11 Å². The molecule has 0 aliphatic carbocycles. The maximum Gasteiger partial charge on any atom is 0.165 e. The van der Waals surface area contributed by atoms with E-state index in [4.69, 9.17) is 10.5 Å². The Balaban J connectivity index is 2.49. The van der Waals surface area contributed by atoms with E-state index in [-0.39, 0.29) is 5.75 Å². The molecule has 0 saturated heterocycles. The second-order valence-electron chi connectivity index (χ2n) is 3.72. The van der Waals surface area contributed by atoms with Crippen LogP contribution in [0.2, 0.25) is 0 Å². The van der Waals surface area contributed by atoms with Crippen molar-refractivity contribution in [1.29, 1.82) is 0 Å². The maximum atomic E-state index is 13.6. The summed E-state index contributed by atoms with van der Waals surface area (Å²) in [5.41, 5.74) is 7.94. The zero-order valence-electron chi connectivity index (χ0n) is 9.77. The zero-order chi connectivity index (χ0) is 12.4. The van der Waals surface area contributed by atoms with Gasteiger partial charge in [-0.05, 0) is 17.7 Å². The van der Waals surface area contributed by atoms with Crippen LogP contribution in [0.4, 0.5) is 4.39 Å². The van der Waals surface area contributed by atoms with Crippen molar-refractivity contribution in [3.8, 4) is 16.9 Å². The molecule has 0 bridgehead atoms. The van der Waals surface area contributed by atoms with Gasteiger partial charge in [0.05, 0.1) is 12.8 Å². The van der Waals surface area contributed by atoms with Crippen LogP contribution in [0.5, 0.6) is 5.75 Å². The lowest BCUT2D eigenvalue weighted by Gasteiger charge is -2.04. The number of aromatic nitrogens is 2. The highest BCUT2D eigenvalue weighted by atomic mass is 19.1. The van der Waals surface area contributed by atoms with E-state index >= 15 is 0 Å². The van der Waals surface area contributed by atoms with E-state index in [1.807, 2.05) is 13.2 Å². The van der Waals surface area contributed by atoms with Crippen LogP contribution in [0.3, 0.4) is 0 Å². The Hall–Kier alpha value is -1.88. The molecule has 1 heterocycles. The largest absolute Gasteiger partial charge is 0.494 e. The van der Waals surface area contributed by atoms with E-state index in [9.17, 15) is 4.39 Å². The molecule has 0 fully saturated rings. The summed E-state index contributed by atoms with van der Waals surface area (Å²) in [6.45, 7) is 0.323. The van der Waals surface area contributed by atoms with Gasteiger partial charge < -0.3 is 10.5 Å². The summed E-state index contributed by atoms with van der Waals surface area (Å²) in [6, 6.07) is 4.81. The van der Waals surface area contributed by atoms with Gasteiger partial charge in [-0.3, -0.25) is 4.68 Å². The first-order valence-electron chi connectivity index (χ1n) is 5.22. The Labute approximate surface area is 98.8 Å². The predicted octanol–water partition coefficient (Wildman–Crippen LogP) is 1.69. The van der Waals surface area contributed by atoms with Gasteiger partial charge in [0.25, 0.3) is 0 Å². The minimum Gasteiger partial charge on any atom is -0.494 e. The number of aryl methyl sites for hydroxylation is 1. The molecular formula is C12H14FN3O. The first-order valence-corrected chi connectivity index (χ1v) is 5.22. The highest BCUT2D eigenvalue weighted by molar-refractivity contribution is 5.66. The van der Waals surface area contributed by atoms with Gasteiger partial charge in [0, 0.05) is 25.4 Å². The average Bonchev–Trinajstić information content (AvgIpc) is 2.70. The molecule has 0 amide bonds. The second-order valence-corrected chi connectivity index (χ2v) is 3.72. The van der Waals surface area contributed by atoms with Crippen LogP contribution < -0.4 is 10.5 Å². The molecule has 17 heavy (non-hydrogen) atoms. The standard InChI is InChI=1S/C12H14FN3O/c1-16-7-9(11(6-14)15-16)8-3-4-12(17-2)10(13)5-8/h3-5,7H,6,14H2,1-2H3. The highest BCUT2D eigenvalue weighted by Gasteiger charge is 2.11. The van der Waals surface area contributed by atoms with Gasteiger partial charge in [-0.2, -0.15) is 5.10 Å². The summed E-state index contributed by atoms with van der Waals surface area (Å²) in [5.74, 6) is -0.163. The summed E-state index contributed by atoms with van der Waals surface area (Å²) < 4.78 is 20.1. The van der Waals surface area contributed by atoms with Crippen LogP contribution in [0.25, 0.3) is 11.1 Å². The Kier molecular flexibility index (Phi) is 3.10. The third-order valence-electron chi connectivity index (χ3n) is 2.56. The number of benzene rings is 1. The van der Waals surface area contributed by atoms with Crippen molar-refractivity contribution in [2.24, 2.45) is 12.8 Å². The molecule has 1 aromatic heterocycles. The summed E-state index contributed by atoms with van der Waals surface area (Å²) in [7, 11) is 3.25. The van der Waals surface area contributed by atoms with Crippen molar-refractivity contribution in [1.82, 2.24) is 9.78 Å². The highest BCUT2D eigenvalue weighted by Crippen LogP contribution is 2.27. The van der Waals surface area contributed by atoms with E-state index < -0.39 is 5.82 Å². The molecule has 0 saturated carbocycles. The Morgan fingerprint density at radius 3 is 2.82 bits per heavy atom. The Morgan fingerprint density at radius 2 is 2.24 bits per heavy atom. The fraction of sp³-hybridized carbons (Fsp3) is 0.250. The fourth-order valence-electron chi connectivity index (χ4n) is 1.76. The first kappa shape index (κ1) is 11.6. The number of ether oxygens (including phenoxy) is 1. The molecule has 2 N–H and O–H groups in total. The summed E-state index contributed by atoms with van der Waals surface area (Å²) in [4.78, 5) is 0. The molecule has 0 spiro atoms. The number of hydrogen-bond acceptors (Lipinski definition) is 3. The van der Waals surface area contributed by atoms with Crippen molar-refractivity contribution >= 4 is 0 Å². The topological polar surface area (TPSA) is 53.1 Å². The van der Waals surface area contributed by atoms with Gasteiger partial charge >= 0.3 is 0 Å². The van der Waals surface area contributed by atoms with Crippen molar-refractivity contribution < 1.29 is 9.13 Å². The average molecular weight is 235 g/mol. The summed E-state index contributed by atoms with van der Waals surface area (Å²) in [6.07, 6.45) is 1.82. The van der Waals surface area contributed by atoms with Gasteiger partial charge in [0.1, 0.15) is 0 Å². The molecule has 5 heteroatoms. The van der Waals surface area contributed by atoms with E-state index in [1.165, 1.54) is 13.2 Å². The summed E-state index contributed by atoms with van der Waals surface area (Å²) in [5, 5.41) is 4.22. The summed E-state index contributed by atoms with van der Waals surface area (Å²) >= 11 is 0. The minimum absolute atomic E-state index is 0.229. The molecule has 0 aliphatic heterocycles. The molecule has 90 valence electrons. The van der Waals surface area contributed by atoms with Crippen molar-refractivity contribution in [3.63, 3.8) is 0 Å². The van der Waals surface area contributed by atoms with E-state index in [0.29, 0.717) is 6.54 Å². The lowest BCUT2D eigenvalue weighted by molar-refractivity contribution is 0.386. The normalized spacial score (nSPS) is 10.6. The third kappa shape index (κ3) is 2.14. The Morgan fingerprint density at radius 1 is 1.47 bits per heavy atom. The van der Waals surface area contributed by atoms with E-state index in [1.54, 1.807) is 16.8 Å². The third-order valence-corrected chi connectivity index (χ3v) is 2.56. The lowest BCUT2D eigenvalue weighted by atomic mass is 10.1. The van der Waals surface area contributed by atoms with Crippen LogP contribution in [-0.2, 0) is 13.6 Å². The predicted molar refractivity (Wildman–Crippen MR) is 63.0 cm³/mol. The number of nitrogens with zero attached hydrogens (tertiary/aromatic N) is 2. The Bertz CT molecular complexity index is 537. The monoisotopic (exact) mass is 235 g/mol. The van der Waals surface area contributed by atoms with Crippen LogP contribution in [0.1, 0.15) is 5.69 Å². The second kappa shape index (κ2) is 4.55. The molecule has 1 aromatic carbocycles. The quantitative estimate of drug-likeness (QED) is 0.880. The molecule has 0 radical (unpaired) electrons. The lowest BCUT2D eigenvalue weighted by Crippen LogP contribution is -2.00. The maximum absolute atomic E-state index is 13.6. The molecule has 2 aromatic rings. The van der Waals surface area contributed by atoms with E-state index in [2.05, 4.69) is 5.10 Å². The number of halogens is 1. The smallest absolute Gasteiger partial charge is 0.165 e. The van der Waals surface area contributed by atoms with Crippen LogP contribution >= 0.6 is 0 Å². The molecule has 2 rings (SSSR count). The van der Waals surface area contributed by atoms with Crippen LogP contribution in [0, 0.1) is 5.82 Å². The van der Waals surface area contributed by atoms with Crippen LogP contribution in [-0.4, -0.2) is 16.9 Å². The molecule has 0 aliphatic rings. The van der Waals surface area contributed by atoms with Gasteiger partial charge in [-0.25, -0.2) is 4.39 Å².